The highest BCUT2D eigenvalue weighted by Crippen LogP contribution is 2.37. The van der Waals surface area contributed by atoms with Gasteiger partial charge >= 0.3 is 6.18 Å². The lowest BCUT2D eigenvalue weighted by molar-refractivity contribution is -0.137. The number of unbranched alkanes of at least 4 members (excludes halogenated alkanes) is 1. The Morgan fingerprint density at radius 3 is 2.13 bits per heavy atom. The first-order valence-electron chi connectivity index (χ1n) is 16.1. The molecule has 5 rings (SSSR count). The van der Waals surface area contributed by atoms with Crippen LogP contribution in [0.1, 0.15) is 51.4 Å². The minimum absolute atomic E-state index is 0.0128. The van der Waals surface area contributed by atoms with E-state index in [0.29, 0.717) is 49.7 Å². The van der Waals surface area contributed by atoms with Gasteiger partial charge in [-0.15, -0.1) is 0 Å². The van der Waals surface area contributed by atoms with Gasteiger partial charge in [0.05, 0.1) is 17.2 Å². The Bertz CT molecular complexity index is 1540. The van der Waals surface area contributed by atoms with Crippen molar-refractivity contribution >= 4 is 17.5 Å². The highest BCUT2D eigenvalue weighted by molar-refractivity contribution is 6.32. The third-order valence-corrected chi connectivity index (χ3v) is 9.08. The number of amides is 1. The summed E-state index contributed by atoms with van der Waals surface area (Å²) < 4.78 is 47.1. The van der Waals surface area contributed by atoms with E-state index in [1.54, 1.807) is 12.1 Å². The van der Waals surface area contributed by atoms with Gasteiger partial charge in [-0.2, -0.15) is 13.2 Å². The molecule has 0 radical (unpaired) electrons. The van der Waals surface area contributed by atoms with E-state index < -0.39 is 11.7 Å². The fourth-order valence-electron chi connectivity index (χ4n) is 5.97. The normalized spacial score (nSPS) is 14.1. The zero-order valence-corrected chi connectivity index (χ0v) is 27.4. The lowest BCUT2D eigenvalue weighted by Crippen LogP contribution is -2.47. The zero-order chi connectivity index (χ0) is 33.2. The van der Waals surface area contributed by atoms with Crippen LogP contribution in [0.15, 0.2) is 103 Å². The van der Waals surface area contributed by atoms with Crippen LogP contribution in [0.3, 0.4) is 0 Å². The van der Waals surface area contributed by atoms with Gasteiger partial charge in [-0.3, -0.25) is 9.69 Å². The molecule has 1 aliphatic heterocycles. The number of alkyl halides is 3. The number of benzene rings is 4. The van der Waals surface area contributed by atoms with Crippen molar-refractivity contribution in [2.24, 2.45) is 0 Å². The molecule has 0 unspecified atom stereocenters. The molecule has 248 valence electrons. The van der Waals surface area contributed by atoms with Crippen LogP contribution in [-0.4, -0.2) is 73.5 Å². The number of ether oxygens (including phenoxy) is 1. The van der Waals surface area contributed by atoms with E-state index in [2.05, 4.69) is 41.1 Å². The Balaban J connectivity index is 1.26. The van der Waals surface area contributed by atoms with Crippen LogP contribution in [0.5, 0.6) is 5.75 Å². The quantitative estimate of drug-likeness (QED) is 0.135. The number of halogens is 4. The average molecular weight is 664 g/mol. The summed E-state index contributed by atoms with van der Waals surface area (Å²) in [6, 6.07) is 31.7. The van der Waals surface area contributed by atoms with Gasteiger partial charge in [0, 0.05) is 50.7 Å². The number of rotatable bonds is 13. The van der Waals surface area contributed by atoms with Gasteiger partial charge in [0.15, 0.2) is 0 Å². The van der Waals surface area contributed by atoms with E-state index in [1.165, 1.54) is 6.07 Å². The van der Waals surface area contributed by atoms with Gasteiger partial charge < -0.3 is 14.5 Å². The molecular formula is C38H41ClF3N3O2. The third-order valence-electron chi connectivity index (χ3n) is 8.63. The van der Waals surface area contributed by atoms with E-state index >= 15 is 0 Å². The van der Waals surface area contributed by atoms with E-state index in [1.807, 2.05) is 59.5 Å². The highest BCUT2D eigenvalue weighted by Gasteiger charge is 2.34. The van der Waals surface area contributed by atoms with E-state index in [-0.39, 0.29) is 23.4 Å². The molecule has 0 spiro atoms. The largest absolute Gasteiger partial charge is 0.494 e. The molecule has 0 atom stereocenters. The monoisotopic (exact) mass is 663 g/mol. The number of nitrogens with zero attached hydrogens (tertiary/aromatic N) is 3. The summed E-state index contributed by atoms with van der Waals surface area (Å²) in [6.45, 7) is 5.08. The molecule has 1 aliphatic rings. The van der Waals surface area contributed by atoms with Crippen LogP contribution in [0.25, 0.3) is 0 Å². The van der Waals surface area contributed by atoms with Crippen molar-refractivity contribution in [1.82, 2.24) is 14.7 Å². The molecule has 9 heteroatoms. The fourth-order valence-corrected chi connectivity index (χ4v) is 6.26. The summed E-state index contributed by atoms with van der Waals surface area (Å²) in [5, 5.41) is -0.254. The molecule has 5 nitrogen and oxygen atoms in total. The second kappa shape index (κ2) is 16.3. The van der Waals surface area contributed by atoms with Crippen LogP contribution in [0.4, 0.5) is 13.2 Å². The van der Waals surface area contributed by atoms with Crippen LogP contribution < -0.4 is 4.74 Å². The molecule has 1 amide bonds. The predicted octanol–water partition coefficient (Wildman–Crippen LogP) is 8.24. The average Bonchev–Trinajstić information content (AvgIpc) is 3.08. The summed E-state index contributed by atoms with van der Waals surface area (Å²) in [5.41, 5.74) is 2.51. The number of likely N-dealkylation sites (N-methyl/N-ethyl adjacent to an activating group) is 1. The maximum absolute atomic E-state index is 13.7. The molecule has 1 heterocycles. The minimum atomic E-state index is -4.53. The standard InChI is InChI=1S/C38H41ClF3N3O2/c1-43-21-23-45(24-22-43)37(46)31-16-10-18-33(26-31)47-25-9-8-20-44(27-32-17-11-19-35(36(32)39)38(40,41)42)28-34(29-12-4-2-5-13-29)30-14-6-3-7-15-30/h2-7,10-19,26,34H,8-9,20-25,27-28H2,1H3. The van der Waals surface area contributed by atoms with Crippen molar-refractivity contribution < 1.29 is 22.7 Å². The van der Waals surface area contributed by atoms with E-state index in [9.17, 15) is 18.0 Å². The maximum Gasteiger partial charge on any atom is 0.417 e. The number of hydrogen-bond donors (Lipinski definition) is 0. The topological polar surface area (TPSA) is 36.0 Å². The Kier molecular flexibility index (Phi) is 12.0. The summed E-state index contributed by atoms with van der Waals surface area (Å²) in [6.07, 6.45) is -3.05. The summed E-state index contributed by atoms with van der Waals surface area (Å²) >= 11 is 6.35. The van der Waals surface area contributed by atoms with Gasteiger partial charge in [0.2, 0.25) is 0 Å². The lowest BCUT2D eigenvalue weighted by atomic mass is 9.90. The van der Waals surface area contributed by atoms with Gasteiger partial charge in [-0.05, 0) is 67.4 Å². The fraction of sp³-hybridized carbons (Fsp3) is 0.342. The van der Waals surface area contributed by atoms with Crippen molar-refractivity contribution in [3.8, 4) is 5.75 Å². The Hall–Kier alpha value is -3.85. The number of piperazine rings is 1. The van der Waals surface area contributed by atoms with E-state index in [4.69, 9.17) is 16.3 Å². The van der Waals surface area contributed by atoms with Crippen molar-refractivity contribution in [2.45, 2.75) is 31.5 Å². The Labute approximate surface area is 280 Å². The molecule has 0 aliphatic carbocycles. The Morgan fingerprint density at radius 2 is 1.49 bits per heavy atom. The van der Waals surface area contributed by atoms with Gasteiger partial charge in [0.25, 0.3) is 5.91 Å². The Morgan fingerprint density at radius 1 is 0.851 bits per heavy atom. The van der Waals surface area contributed by atoms with Gasteiger partial charge in [-0.1, -0.05) is 90.5 Å². The summed E-state index contributed by atoms with van der Waals surface area (Å²) in [4.78, 5) is 19.3. The molecule has 0 bridgehead atoms. The number of carbonyl (C=O) groups excluding carboxylic acids is 1. The number of hydrogen-bond acceptors (Lipinski definition) is 4. The van der Waals surface area contributed by atoms with E-state index in [0.717, 1.165) is 43.1 Å². The van der Waals surface area contributed by atoms with Gasteiger partial charge in [0.1, 0.15) is 5.75 Å². The van der Waals surface area contributed by atoms with Crippen molar-refractivity contribution in [2.75, 3.05) is 52.9 Å². The minimum Gasteiger partial charge on any atom is -0.494 e. The molecule has 0 N–H and O–H groups in total. The first kappa shape index (κ1) is 34.5. The molecule has 1 saturated heterocycles. The molecular weight excluding hydrogens is 623 g/mol. The number of carbonyl (C=O) groups is 1. The zero-order valence-electron chi connectivity index (χ0n) is 26.6. The highest BCUT2D eigenvalue weighted by atomic mass is 35.5. The van der Waals surface area contributed by atoms with Crippen LogP contribution in [-0.2, 0) is 12.7 Å². The molecule has 4 aromatic carbocycles. The SMILES string of the molecule is CN1CCN(C(=O)c2cccc(OCCCCN(Cc3cccc(C(F)(F)F)c3Cl)CC(c3ccccc3)c3ccccc3)c2)CC1. The van der Waals surface area contributed by atoms with Crippen molar-refractivity contribution in [1.29, 1.82) is 0 Å². The third kappa shape index (κ3) is 9.60. The maximum atomic E-state index is 13.7. The second-order valence-corrected chi connectivity index (χ2v) is 12.4. The smallest absolute Gasteiger partial charge is 0.417 e. The van der Waals surface area contributed by atoms with Crippen molar-refractivity contribution in [3.05, 3.63) is 136 Å². The second-order valence-electron chi connectivity index (χ2n) is 12.1. The predicted molar refractivity (Wildman–Crippen MR) is 181 cm³/mol. The first-order valence-corrected chi connectivity index (χ1v) is 16.4. The molecule has 4 aromatic rings. The van der Waals surface area contributed by atoms with Gasteiger partial charge in [-0.25, -0.2) is 0 Å². The van der Waals surface area contributed by atoms with Crippen molar-refractivity contribution in [3.63, 3.8) is 0 Å². The molecule has 0 saturated carbocycles. The summed E-state index contributed by atoms with van der Waals surface area (Å²) in [7, 11) is 2.06. The van der Waals surface area contributed by atoms with Crippen LogP contribution in [0, 0.1) is 0 Å². The molecule has 0 aromatic heterocycles. The lowest BCUT2D eigenvalue weighted by Gasteiger charge is -2.32. The molecule has 47 heavy (non-hydrogen) atoms. The molecule has 1 fully saturated rings. The first-order chi connectivity index (χ1) is 22.7. The van der Waals surface area contributed by atoms with Crippen LogP contribution >= 0.6 is 11.6 Å². The summed E-state index contributed by atoms with van der Waals surface area (Å²) in [5.74, 6) is 0.670. The van der Waals surface area contributed by atoms with Crippen LogP contribution in [0.2, 0.25) is 5.02 Å².